The number of hydrogen-bond acceptors (Lipinski definition) is 5. The maximum Gasteiger partial charge on any atom is 0.304 e. The Morgan fingerprint density at radius 3 is 2.76 bits per heavy atom. The highest BCUT2D eigenvalue weighted by atomic mass is 35.5. The number of oxazole rings is 1. The molecule has 6 nitrogen and oxygen atoms in total. The molecule has 5 rings (SSSR count). The van der Waals surface area contributed by atoms with Gasteiger partial charge in [0.2, 0.25) is 5.89 Å². The summed E-state index contributed by atoms with van der Waals surface area (Å²) in [5, 5.41) is 22.6. The van der Waals surface area contributed by atoms with Crippen LogP contribution in [0.25, 0.3) is 33.7 Å². The summed E-state index contributed by atoms with van der Waals surface area (Å²) in [7, 11) is 0. The molecule has 0 aliphatic heterocycles. The largest absolute Gasteiger partial charge is 0.481 e. The van der Waals surface area contributed by atoms with E-state index in [2.05, 4.69) is 16.4 Å². The first-order valence-electron chi connectivity index (χ1n) is 10.7. The molecule has 0 saturated carbocycles. The van der Waals surface area contributed by atoms with E-state index in [9.17, 15) is 10.1 Å². The highest BCUT2D eigenvalue weighted by Crippen LogP contribution is 2.41. The summed E-state index contributed by atoms with van der Waals surface area (Å²) < 4.78 is 6.10. The van der Waals surface area contributed by atoms with Crippen LogP contribution in [-0.4, -0.2) is 22.6 Å². The number of nitriles is 1. The summed E-state index contributed by atoms with van der Waals surface area (Å²) >= 11 is 6.76. The third-order valence-electron chi connectivity index (χ3n) is 6.04. The third kappa shape index (κ3) is 3.86. The van der Waals surface area contributed by atoms with E-state index < -0.39 is 5.97 Å². The number of carbonyl (C=O) groups is 1. The molecule has 164 valence electrons. The first kappa shape index (κ1) is 21.2. The molecular formula is C26H20ClN3O3. The summed E-state index contributed by atoms with van der Waals surface area (Å²) in [6.45, 7) is 0.366. The van der Waals surface area contributed by atoms with Gasteiger partial charge in [0.15, 0.2) is 5.58 Å². The molecule has 0 radical (unpaired) electrons. The van der Waals surface area contributed by atoms with Crippen molar-refractivity contribution < 1.29 is 14.3 Å². The van der Waals surface area contributed by atoms with Crippen molar-refractivity contribution in [3.63, 3.8) is 0 Å². The second-order valence-corrected chi connectivity index (χ2v) is 8.40. The van der Waals surface area contributed by atoms with Crippen molar-refractivity contribution in [2.24, 2.45) is 0 Å². The van der Waals surface area contributed by atoms with Crippen molar-refractivity contribution in [1.82, 2.24) is 10.3 Å². The molecule has 33 heavy (non-hydrogen) atoms. The first-order chi connectivity index (χ1) is 16.1. The van der Waals surface area contributed by atoms with Gasteiger partial charge in [-0.05, 0) is 41.7 Å². The van der Waals surface area contributed by atoms with Crippen LogP contribution < -0.4 is 5.32 Å². The molecule has 2 N–H and O–H groups in total. The highest BCUT2D eigenvalue weighted by Gasteiger charge is 2.29. The first-order valence-corrected chi connectivity index (χ1v) is 11.1. The number of aromatic nitrogens is 1. The standard InChI is InChI=1S/C26H20ClN3O3/c27-24-16(15-5-2-1-3-6-15)7-4-8-18(24)26-30-22-13-19-17(20(14-28)25(22)33-26)9-10-21(19)29-12-11-23(31)32/h1-8,13,21,29H,9-12H2,(H,31,32). The van der Waals surface area contributed by atoms with Gasteiger partial charge in [-0.1, -0.05) is 54.1 Å². The lowest BCUT2D eigenvalue weighted by Crippen LogP contribution is -2.22. The van der Waals surface area contributed by atoms with Crippen molar-refractivity contribution in [1.29, 1.82) is 5.26 Å². The van der Waals surface area contributed by atoms with Crippen LogP contribution >= 0.6 is 11.6 Å². The molecule has 1 atom stereocenters. The van der Waals surface area contributed by atoms with E-state index in [0.717, 1.165) is 35.1 Å². The van der Waals surface area contributed by atoms with Gasteiger partial charge in [0.1, 0.15) is 17.1 Å². The molecule has 1 heterocycles. The minimum Gasteiger partial charge on any atom is -0.481 e. The SMILES string of the molecule is N#Cc1c2c(cc3nc(-c4cccc(-c5ccccc5)c4Cl)oc13)C(NCCC(=O)O)CC2. The van der Waals surface area contributed by atoms with Crippen molar-refractivity contribution in [2.45, 2.75) is 25.3 Å². The summed E-state index contributed by atoms with van der Waals surface area (Å²) in [4.78, 5) is 15.5. The minimum absolute atomic E-state index is 0.0130. The maximum atomic E-state index is 10.9. The highest BCUT2D eigenvalue weighted by molar-refractivity contribution is 6.36. The monoisotopic (exact) mass is 457 g/mol. The molecular weight excluding hydrogens is 438 g/mol. The van der Waals surface area contributed by atoms with Crippen LogP contribution in [-0.2, 0) is 11.2 Å². The topological polar surface area (TPSA) is 99.2 Å². The number of nitrogens with one attached hydrogen (secondary N) is 1. The lowest BCUT2D eigenvalue weighted by Gasteiger charge is -2.13. The fraction of sp³-hybridized carbons (Fsp3) is 0.192. The summed E-state index contributed by atoms with van der Waals surface area (Å²) in [6.07, 6.45) is 1.57. The summed E-state index contributed by atoms with van der Waals surface area (Å²) in [6, 6.07) is 19.8. The molecule has 1 aromatic heterocycles. The van der Waals surface area contributed by atoms with E-state index in [1.54, 1.807) is 0 Å². The zero-order chi connectivity index (χ0) is 22.9. The Bertz CT molecular complexity index is 1410. The van der Waals surface area contributed by atoms with Gasteiger partial charge in [-0.25, -0.2) is 4.98 Å². The van der Waals surface area contributed by atoms with Gasteiger partial charge in [0.05, 0.1) is 17.0 Å². The van der Waals surface area contributed by atoms with E-state index in [0.29, 0.717) is 39.7 Å². The fourth-order valence-corrected chi connectivity index (χ4v) is 4.80. The molecule has 3 aromatic carbocycles. The third-order valence-corrected chi connectivity index (χ3v) is 6.44. The predicted molar refractivity (Wildman–Crippen MR) is 126 cm³/mol. The number of hydrogen-bond donors (Lipinski definition) is 2. The molecule has 1 unspecified atom stereocenters. The van der Waals surface area contributed by atoms with Crippen LogP contribution in [0.15, 0.2) is 59.0 Å². The molecule has 0 spiro atoms. The Balaban J connectivity index is 1.57. The van der Waals surface area contributed by atoms with E-state index >= 15 is 0 Å². The Labute approximate surface area is 195 Å². The minimum atomic E-state index is -0.843. The maximum absolute atomic E-state index is 10.9. The van der Waals surface area contributed by atoms with Gasteiger partial charge in [0.25, 0.3) is 0 Å². The van der Waals surface area contributed by atoms with Crippen molar-refractivity contribution in [3.8, 4) is 28.7 Å². The second kappa shape index (κ2) is 8.70. The number of halogens is 1. The molecule has 0 fully saturated rings. The van der Waals surface area contributed by atoms with Crippen LogP contribution in [0.4, 0.5) is 0 Å². The van der Waals surface area contributed by atoms with E-state index in [-0.39, 0.29) is 12.5 Å². The van der Waals surface area contributed by atoms with E-state index in [1.165, 1.54) is 0 Å². The molecule has 4 aromatic rings. The molecule has 1 aliphatic carbocycles. The Kier molecular flexibility index (Phi) is 5.59. The predicted octanol–water partition coefficient (Wildman–Crippen LogP) is 5.74. The second-order valence-electron chi connectivity index (χ2n) is 8.02. The van der Waals surface area contributed by atoms with Crippen LogP contribution in [0.3, 0.4) is 0 Å². The van der Waals surface area contributed by atoms with Gasteiger partial charge in [-0.15, -0.1) is 0 Å². The fourth-order valence-electron chi connectivity index (χ4n) is 4.49. The molecule has 1 aliphatic rings. The number of rotatable bonds is 6. The number of fused-ring (bicyclic) bond motifs is 2. The van der Waals surface area contributed by atoms with E-state index in [1.807, 2.05) is 54.6 Å². The quantitative estimate of drug-likeness (QED) is 0.383. The van der Waals surface area contributed by atoms with Gasteiger partial charge < -0.3 is 14.8 Å². The van der Waals surface area contributed by atoms with Crippen molar-refractivity contribution >= 4 is 28.7 Å². The van der Waals surface area contributed by atoms with Gasteiger partial charge in [0, 0.05) is 18.2 Å². The number of nitrogens with zero attached hydrogens (tertiary/aromatic N) is 2. The number of carboxylic acid groups (broad SMARTS) is 1. The lowest BCUT2D eigenvalue weighted by molar-refractivity contribution is -0.136. The lowest BCUT2D eigenvalue weighted by atomic mass is 10.0. The average molecular weight is 458 g/mol. The number of aliphatic carboxylic acids is 1. The smallest absolute Gasteiger partial charge is 0.304 e. The molecule has 0 amide bonds. The normalized spacial score (nSPS) is 14.8. The molecule has 0 saturated heterocycles. The van der Waals surface area contributed by atoms with Gasteiger partial charge >= 0.3 is 5.97 Å². The van der Waals surface area contributed by atoms with Gasteiger partial charge in [-0.2, -0.15) is 5.26 Å². The Hall–Kier alpha value is -3.66. The Morgan fingerprint density at radius 2 is 2.00 bits per heavy atom. The zero-order valence-corrected chi connectivity index (χ0v) is 18.4. The zero-order valence-electron chi connectivity index (χ0n) is 17.6. The van der Waals surface area contributed by atoms with Crippen molar-refractivity contribution in [3.05, 3.63) is 76.3 Å². The van der Waals surface area contributed by atoms with Crippen LogP contribution in [0.5, 0.6) is 0 Å². The number of benzene rings is 3. The number of carboxylic acids is 1. The van der Waals surface area contributed by atoms with Crippen molar-refractivity contribution in [2.75, 3.05) is 6.54 Å². The summed E-state index contributed by atoms with van der Waals surface area (Å²) in [5.41, 5.74) is 5.98. The Morgan fingerprint density at radius 1 is 1.21 bits per heavy atom. The molecule has 7 heteroatoms. The van der Waals surface area contributed by atoms with E-state index in [4.69, 9.17) is 21.1 Å². The van der Waals surface area contributed by atoms with Crippen LogP contribution in [0.1, 0.15) is 35.6 Å². The average Bonchev–Trinajstić information content (AvgIpc) is 3.42. The summed E-state index contributed by atoms with van der Waals surface area (Å²) in [5.74, 6) is -0.479. The van der Waals surface area contributed by atoms with Gasteiger partial charge in [-0.3, -0.25) is 4.79 Å². The molecule has 0 bridgehead atoms. The van der Waals surface area contributed by atoms with Crippen LogP contribution in [0.2, 0.25) is 5.02 Å². The van der Waals surface area contributed by atoms with Crippen LogP contribution in [0, 0.1) is 11.3 Å².